The van der Waals surface area contributed by atoms with Gasteiger partial charge in [-0.2, -0.15) is 13.2 Å². The van der Waals surface area contributed by atoms with E-state index in [0.717, 1.165) is 11.1 Å². The number of oxazole rings is 2. The van der Waals surface area contributed by atoms with E-state index >= 15 is 0 Å². The highest BCUT2D eigenvalue weighted by molar-refractivity contribution is 6.30. The highest BCUT2D eigenvalue weighted by Gasteiger charge is 2.43. The molecule has 0 saturated carbocycles. The number of hydrogen-bond donors (Lipinski definition) is 3. The Morgan fingerprint density at radius 3 is 2.49 bits per heavy atom. The molecular formula is C42H45ClF3N7O6. The van der Waals surface area contributed by atoms with Crippen LogP contribution in [0, 0.1) is 5.92 Å². The number of amides is 2. The van der Waals surface area contributed by atoms with Crippen LogP contribution in [0.2, 0.25) is 5.02 Å². The molecule has 0 bridgehead atoms. The second-order valence-electron chi connectivity index (χ2n) is 15.3. The molecule has 0 radical (unpaired) electrons. The molecule has 4 atom stereocenters. The van der Waals surface area contributed by atoms with Gasteiger partial charge in [0, 0.05) is 79.0 Å². The SMILES string of the molecule is CC(C)(c1ncc(-c2ccc(Cl)cc2)o1)N1CCN(C[C@@H](O)C[C@@H](Cc2ncc(-c3cccnc3)o2)C(=O)NC2CCOc3ccccc32)[C@H](C(=O)NCC(F)(F)F)C1. The molecule has 312 valence electrons. The first kappa shape index (κ1) is 41.9. The molecule has 1 unspecified atom stereocenters. The number of pyridine rings is 1. The molecule has 5 heterocycles. The molecule has 2 aliphatic heterocycles. The summed E-state index contributed by atoms with van der Waals surface area (Å²) in [5.41, 5.74) is 1.41. The minimum Gasteiger partial charge on any atom is -0.493 e. The number of nitrogens with one attached hydrogen (secondary N) is 2. The number of hydrogen-bond acceptors (Lipinski definition) is 11. The zero-order valence-corrected chi connectivity index (χ0v) is 33.2. The van der Waals surface area contributed by atoms with E-state index in [-0.39, 0.29) is 50.3 Å². The average molecular weight is 836 g/mol. The van der Waals surface area contributed by atoms with Crippen LogP contribution in [0.15, 0.2) is 94.3 Å². The second kappa shape index (κ2) is 17.9. The number of aliphatic hydroxyl groups is 1. The predicted molar refractivity (Wildman–Crippen MR) is 211 cm³/mol. The Kier molecular flexibility index (Phi) is 12.7. The summed E-state index contributed by atoms with van der Waals surface area (Å²) in [4.78, 5) is 44.3. The Hall–Kier alpha value is -5.29. The summed E-state index contributed by atoms with van der Waals surface area (Å²) < 4.78 is 57.9. The van der Waals surface area contributed by atoms with Gasteiger partial charge in [0.25, 0.3) is 0 Å². The van der Waals surface area contributed by atoms with Gasteiger partial charge in [0.1, 0.15) is 18.3 Å². The number of ether oxygens (including phenoxy) is 1. The van der Waals surface area contributed by atoms with Gasteiger partial charge in [-0.15, -0.1) is 0 Å². The minimum atomic E-state index is -4.63. The number of carbonyl (C=O) groups is 2. The number of aliphatic hydroxyl groups excluding tert-OH is 1. The van der Waals surface area contributed by atoms with Gasteiger partial charge in [0.15, 0.2) is 17.4 Å². The van der Waals surface area contributed by atoms with Crippen molar-refractivity contribution >= 4 is 23.4 Å². The van der Waals surface area contributed by atoms with Gasteiger partial charge in [-0.05, 0) is 62.7 Å². The zero-order valence-electron chi connectivity index (χ0n) is 32.5. The third-order valence-electron chi connectivity index (χ3n) is 10.8. The van der Waals surface area contributed by atoms with E-state index in [1.807, 2.05) is 54.4 Å². The number of halogens is 4. The van der Waals surface area contributed by atoms with E-state index in [1.54, 1.807) is 60.0 Å². The Labute approximate surface area is 343 Å². The van der Waals surface area contributed by atoms with Gasteiger partial charge in [-0.3, -0.25) is 24.4 Å². The number of rotatable bonds is 14. The molecule has 1 fully saturated rings. The molecule has 7 rings (SSSR count). The maximum Gasteiger partial charge on any atom is 0.405 e. The van der Waals surface area contributed by atoms with E-state index < -0.39 is 42.2 Å². The Bertz CT molecular complexity index is 2200. The number of alkyl halides is 3. The third kappa shape index (κ3) is 10.3. The van der Waals surface area contributed by atoms with E-state index in [9.17, 15) is 27.9 Å². The first-order chi connectivity index (χ1) is 28.2. The largest absolute Gasteiger partial charge is 0.493 e. The molecule has 1 saturated heterocycles. The summed E-state index contributed by atoms with van der Waals surface area (Å²) >= 11 is 6.05. The van der Waals surface area contributed by atoms with Crippen LogP contribution in [-0.2, 0) is 21.5 Å². The van der Waals surface area contributed by atoms with Crippen LogP contribution in [0.1, 0.15) is 50.1 Å². The fourth-order valence-corrected chi connectivity index (χ4v) is 7.66. The third-order valence-corrected chi connectivity index (χ3v) is 11.0. The van der Waals surface area contributed by atoms with Crippen molar-refractivity contribution in [3.05, 3.63) is 108 Å². The maximum atomic E-state index is 14.1. The molecule has 2 amide bonds. The van der Waals surface area contributed by atoms with Gasteiger partial charge in [0.2, 0.25) is 17.7 Å². The molecule has 59 heavy (non-hydrogen) atoms. The number of fused-ring (bicyclic) bond motifs is 1. The van der Waals surface area contributed by atoms with Crippen LogP contribution >= 0.6 is 11.6 Å². The Balaban J connectivity index is 1.09. The van der Waals surface area contributed by atoms with Crippen LogP contribution in [0.4, 0.5) is 13.2 Å². The molecular weight excluding hydrogens is 791 g/mol. The summed E-state index contributed by atoms with van der Waals surface area (Å²) in [6, 6.07) is 16.7. The van der Waals surface area contributed by atoms with Crippen LogP contribution in [-0.4, -0.2) is 99.3 Å². The lowest BCUT2D eigenvalue weighted by Crippen LogP contribution is -2.63. The van der Waals surface area contributed by atoms with Gasteiger partial charge >= 0.3 is 6.18 Å². The van der Waals surface area contributed by atoms with Crippen molar-refractivity contribution in [1.82, 2.24) is 35.4 Å². The van der Waals surface area contributed by atoms with Crippen LogP contribution < -0.4 is 15.4 Å². The number of aromatic nitrogens is 3. The number of piperazine rings is 1. The maximum absolute atomic E-state index is 14.1. The van der Waals surface area contributed by atoms with Crippen molar-refractivity contribution in [3.63, 3.8) is 0 Å². The Morgan fingerprint density at radius 2 is 1.73 bits per heavy atom. The molecule has 17 heteroatoms. The van der Waals surface area contributed by atoms with Crippen molar-refractivity contribution in [3.8, 4) is 28.4 Å². The van der Waals surface area contributed by atoms with Crippen molar-refractivity contribution in [2.24, 2.45) is 5.92 Å². The molecule has 5 aromatic rings. The molecule has 0 spiro atoms. The summed E-state index contributed by atoms with van der Waals surface area (Å²) in [6.07, 6.45) is 1.11. The summed E-state index contributed by atoms with van der Waals surface area (Å²) in [5.74, 6) is 0.240. The summed E-state index contributed by atoms with van der Waals surface area (Å²) in [7, 11) is 0. The second-order valence-corrected chi connectivity index (χ2v) is 15.7. The highest BCUT2D eigenvalue weighted by atomic mass is 35.5. The Morgan fingerprint density at radius 1 is 0.966 bits per heavy atom. The van der Waals surface area contributed by atoms with Crippen molar-refractivity contribution < 1.29 is 41.4 Å². The van der Waals surface area contributed by atoms with Gasteiger partial charge < -0.3 is 29.3 Å². The zero-order chi connectivity index (χ0) is 41.7. The van der Waals surface area contributed by atoms with E-state index in [0.29, 0.717) is 53.3 Å². The molecule has 3 N–H and O–H groups in total. The summed E-state index contributed by atoms with van der Waals surface area (Å²) in [6.45, 7) is 3.09. The lowest BCUT2D eigenvalue weighted by atomic mass is 9.93. The molecule has 2 aliphatic rings. The van der Waals surface area contributed by atoms with Crippen LogP contribution in [0.5, 0.6) is 5.75 Å². The lowest BCUT2D eigenvalue weighted by Gasteiger charge is -2.46. The van der Waals surface area contributed by atoms with Crippen LogP contribution in [0.25, 0.3) is 22.6 Å². The molecule has 3 aromatic heterocycles. The molecule has 13 nitrogen and oxygen atoms in total. The summed E-state index contributed by atoms with van der Waals surface area (Å²) in [5, 5.41) is 17.4. The first-order valence-electron chi connectivity index (χ1n) is 19.3. The number of para-hydroxylation sites is 1. The normalized spacial score (nSPS) is 18.7. The van der Waals surface area contributed by atoms with Gasteiger partial charge in [-0.1, -0.05) is 29.8 Å². The average Bonchev–Trinajstić information content (AvgIpc) is 3.92. The standard InChI is InChI=1S/C42H45ClF3N7O6/c1-41(2,40-49-22-35(59-40)26-9-11-29(43)12-10-26)53-16-15-52(33(24-53)39(56)50-25-42(44,45)46)23-30(54)18-28(19-37-48-21-36(58-37)27-6-5-14-47-20-27)38(55)51-32-13-17-57-34-8-4-3-7-31(32)34/h3-12,14,20-22,28,30,32-33,54H,13,15-19,23-25H2,1-2H3,(H,50,56)(H,51,55)/t28-,30-,32?,33-/m0/s1. The topological polar surface area (TPSA) is 159 Å². The van der Waals surface area contributed by atoms with E-state index in [4.69, 9.17) is 25.2 Å². The lowest BCUT2D eigenvalue weighted by molar-refractivity contribution is -0.144. The fraction of sp³-hybridized carbons (Fsp3) is 0.405. The minimum absolute atomic E-state index is 0.00256. The van der Waals surface area contributed by atoms with Crippen molar-refractivity contribution in [2.45, 2.75) is 63.0 Å². The quantitative estimate of drug-likeness (QED) is 0.117. The van der Waals surface area contributed by atoms with E-state index in [1.165, 1.54) is 0 Å². The smallest absolute Gasteiger partial charge is 0.405 e. The monoisotopic (exact) mass is 835 g/mol. The first-order valence-corrected chi connectivity index (χ1v) is 19.7. The van der Waals surface area contributed by atoms with Gasteiger partial charge in [0.05, 0.1) is 36.7 Å². The number of nitrogens with zero attached hydrogens (tertiary/aromatic N) is 5. The fourth-order valence-electron chi connectivity index (χ4n) is 7.54. The number of β-amino-alcohol motifs (C(OH)–C–C–N with tert-alkyl or cyclic N) is 1. The van der Waals surface area contributed by atoms with Crippen LogP contribution in [0.3, 0.4) is 0 Å². The number of carbonyl (C=O) groups excluding carboxylic acids is 2. The van der Waals surface area contributed by atoms with Gasteiger partial charge in [-0.25, -0.2) is 9.97 Å². The molecule has 2 aromatic carbocycles. The van der Waals surface area contributed by atoms with Crippen molar-refractivity contribution in [2.75, 3.05) is 39.3 Å². The predicted octanol–water partition coefficient (Wildman–Crippen LogP) is 6.19. The molecule has 0 aliphatic carbocycles. The highest BCUT2D eigenvalue weighted by Crippen LogP contribution is 2.35. The van der Waals surface area contributed by atoms with E-state index in [2.05, 4.69) is 20.3 Å². The number of benzene rings is 2. The van der Waals surface area contributed by atoms with Crippen molar-refractivity contribution in [1.29, 1.82) is 0 Å².